The van der Waals surface area contributed by atoms with Crippen LogP contribution in [0.4, 0.5) is 14.5 Å². The van der Waals surface area contributed by atoms with Gasteiger partial charge in [0, 0.05) is 6.04 Å². The van der Waals surface area contributed by atoms with Gasteiger partial charge in [0.2, 0.25) is 0 Å². The number of benzene rings is 2. The summed E-state index contributed by atoms with van der Waals surface area (Å²) in [4.78, 5) is 0. The monoisotopic (exact) mass is 331 g/mol. The van der Waals surface area contributed by atoms with E-state index in [2.05, 4.69) is 5.32 Å². The Labute approximate surface area is 131 Å². The van der Waals surface area contributed by atoms with E-state index < -0.39 is 11.6 Å². The standard InChI is InChI=1S/C15H13Cl2F2NO/c1-8(9-3-4-14(21-2)13(19)5-9)20-15-11(16)6-10(18)7-12(15)17/h3-8,20H,1-2H3. The molecule has 1 atom stereocenters. The zero-order valence-electron chi connectivity index (χ0n) is 11.4. The van der Waals surface area contributed by atoms with Crippen LogP contribution in [0.25, 0.3) is 0 Å². The van der Waals surface area contributed by atoms with Gasteiger partial charge >= 0.3 is 0 Å². The maximum Gasteiger partial charge on any atom is 0.165 e. The Balaban J connectivity index is 2.26. The number of anilines is 1. The number of hydrogen-bond donors (Lipinski definition) is 1. The smallest absolute Gasteiger partial charge is 0.165 e. The number of nitrogens with one attached hydrogen (secondary N) is 1. The van der Waals surface area contributed by atoms with Crippen LogP contribution in [0.2, 0.25) is 10.0 Å². The molecule has 0 heterocycles. The molecule has 1 N–H and O–H groups in total. The van der Waals surface area contributed by atoms with Gasteiger partial charge in [0.1, 0.15) is 5.82 Å². The summed E-state index contributed by atoms with van der Waals surface area (Å²) in [7, 11) is 1.40. The summed E-state index contributed by atoms with van der Waals surface area (Å²) in [6.45, 7) is 1.82. The first-order chi connectivity index (χ1) is 9.92. The molecule has 0 saturated heterocycles. The Kier molecular flexibility index (Phi) is 4.91. The zero-order valence-corrected chi connectivity index (χ0v) is 12.9. The molecule has 2 rings (SSSR count). The van der Waals surface area contributed by atoms with Crippen molar-refractivity contribution in [2.45, 2.75) is 13.0 Å². The zero-order chi connectivity index (χ0) is 15.6. The Morgan fingerprint density at radius 1 is 1.10 bits per heavy atom. The van der Waals surface area contributed by atoms with Gasteiger partial charge in [0.25, 0.3) is 0 Å². The molecule has 0 spiro atoms. The lowest BCUT2D eigenvalue weighted by molar-refractivity contribution is 0.386. The Morgan fingerprint density at radius 2 is 1.71 bits per heavy atom. The third-order valence-corrected chi connectivity index (χ3v) is 3.64. The fourth-order valence-corrected chi connectivity index (χ4v) is 2.50. The normalized spacial score (nSPS) is 12.1. The van der Waals surface area contributed by atoms with E-state index in [1.807, 2.05) is 6.92 Å². The van der Waals surface area contributed by atoms with Crippen molar-refractivity contribution in [3.63, 3.8) is 0 Å². The summed E-state index contributed by atoms with van der Waals surface area (Å²) in [6.07, 6.45) is 0. The van der Waals surface area contributed by atoms with Crippen LogP contribution in [-0.4, -0.2) is 7.11 Å². The maximum atomic E-state index is 13.7. The topological polar surface area (TPSA) is 21.3 Å². The third-order valence-electron chi connectivity index (χ3n) is 3.04. The van der Waals surface area contributed by atoms with Gasteiger partial charge in [-0.05, 0) is 36.8 Å². The fourth-order valence-electron chi connectivity index (χ4n) is 1.93. The van der Waals surface area contributed by atoms with Gasteiger partial charge in [-0.1, -0.05) is 29.3 Å². The van der Waals surface area contributed by atoms with E-state index in [1.165, 1.54) is 19.2 Å². The predicted molar refractivity (Wildman–Crippen MR) is 81.4 cm³/mol. The lowest BCUT2D eigenvalue weighted by Gasteiger charge is -2.18. The van der Waals surface area contributed by atoms with Gasteiger partial charge in [0.05, 0.1) is 22.8 Å². The van der Waals surface area contributed by atoms with Gasteiger partial charge in [-0.25, -0.2) is 8.78 Å². The molecule has 0 bridgehead atoms. The summed E-state index contributed by atoms with van der Waals surface area (Å²) in [5, 5.41) is 3.38. The highest BCUT2D eigenvalue weighted by Gasteiger charge is 2.14. The minimum Gasteiger partial charge on any atom is -0.494 e. The minimum atomic E-state index is -0.515. The highest BCUT2D eigenvalue weighted by atomic mass is 35.5. The highest BCUT2D eigenvalue weighted by Crippen LogP contribution is 2.34. The van der Waals surface area contributed by atoms with Crippen LogP contribution >= 0.6 is 23.2 Å². The molecule has 6 heteroatoms. The first-order valence-corrected chi connectivity index (χ1v) is 6.92. The van der Waals surface area contributed by atoms with Crippen molar-refractivity contribution in [1.82, 2.24) is 0 Å². The summed E-state index contributed by atoms with van der Waals surface area (Å²) >= 11 is 11.9. The fraction of sp³-hybridized carbons (Fsp3) is 0.200. The molecule has 0 fully saturated rings. The van der Waals surface area contributed by atoms with Crippen LogP contribution in [0.5, 0.6) is 5.75 Å². The van der Waals surface area contributed by atoms with Crippen LogP contribution in [0.15, 0.2) is 30.3 Å². The molecule has 2 nitrogen and oxygen atoms in total. The second-order valence-electron chi connectivity index (χ2n) is 4.50. The first-order valence-electron chi connectivity index (χ1n) is 6.17. The van der Waals surface area contributed by atoms with E-state index in [9.17, 15) is 8.78 Å². The van der Waals surface area contributed by atoms with Gasteiger partial charge in [-0.2, -0.15) is 0 Å². The quantitative estimate of drug-likeness (QED) is 0.803. The number of methoxy groups -OCH3 is 1. The molecule has 2 aromatic carbocycles. The molecule has 0 radical (unpaired) electrons. The van der Waals surface area contributed by atoms with Crippen LogP contribution in [-0.2, 0) is 0 Å². The van der Waals surface area contributed by atoms with Crippen LogP contribution < -0.4 is 10.1 Å². The minimum absolute atomic E-state index is 0.167. The molecular weight excluding hydrogens is 319 g/mol. The molecule has 112 valence electrons. The first kappa shape index (κ1) is 15.9. The molecule has 0 aliphatic rings. The molecule has 21 heavy (non-hydrogen) atoms. The van der Waals surface area contributed by atoms with Crippen molar-refractivity contribution >= 4 is 28.9 Å². The Morgan fingerprint density at radius 3 is 2.24 bits per heavy atom. The SMILES string of the molecule is COc1ccc(C(C)Nc2c(Cl)cc(F)cc2Cl)cc1F. The van der Waals surface area contributed by atoms with E-state index in [-0.39, 0.29) is 21.8 Å². The largest absolute Gasteiger partial charge is 0.494 e. The summed E-state index contributed by atoms with van der Waals surface area (Å²) < 4.78 is 31.7. The molecule has 0 amide bonds. The second-order valence-corrected chi connectivity index (χ2v) is 5.32. The van der Waals surface area contributed by atoms with Gasteiger partial charge in [-0.3, -0.25) is 0 Å². The van der Waals surface area contributed by atoms with E-state index in [0.29, 0.717) is 11.3 Å². The van der Waals surface area contributed by atoms with E-state index in [1.54, 1.807) is 6.07 Å². The van der Waals surface area contributed by atoms with Crippen molar-refractivity contribution < 1.29 is 13.5 Å². The van der Waals surface area contributed by atoms with Crippen molar-refractivity contribution in [3.05, 3.63) is 57.6 Å². The molecule has 0 aliphatic carbocycles. The number of halogens is 4. The highest BCUT2D eigenvalue weighted by molar-refractivity contribution is 6.39. The number of rotatable bonds is 4. The average molecular weight is 332 g/mol. The number of hydrogen-bond acceptors (Lipinski definition) is 2. The van der Waals surface area contributed by atoms with Crippen LogP contribution in [0.3, 0.4) is 0 Å². The summed E-state index contributed by atoms with van der Waals surface area (Å²) in [5.74, 6) is -0.803. The molecular formula is C15H13Cl2F2NO. The average Bonchev–Trinajstić information content (AvgIpc) is 2.42. The third kappa shape index (κ3) is 3.57. The van der Waals surface area contributed by atoms with E-state index >= 15 is 0 Å². The van der Waals surface area contributed by atoms with Crippen molar-refractivity contribution in [3.8, 4) is 5.75 Å². The van der Waals surface area contributed by atoms with Crippen molar-refractivity contribution in [1.29, 1.82) is 0 Å². The van der Waals surface area contributed by atoms with Crippen LogP contribution in [0, 0.1) is 11.6 Å². The van der Waals surface area contributed by atoms with E-state index in [4.69, 9.17) is 27.9 Å². The predicted octanol–water partition coefficient (Wildman–Crippen LogP) is 5.45. The lowest BCUT2D eigenvalue weighted by atomic mass is 10.1. The summed E-state index contributed by atoms with van der Waals surface area (Å²) in [5.41, 5.74) is 1.09. The van der Waals surface area contributed by atoms with E-state index in [0.717, 1.165) is 12.1 Å². The summed E-state index contributed by atoms with van der Waals surface area (Å²) in [6, 6.07) is 6.68. The van der Waals surface area contributed by atoms with Gasteiger partial charge in [0.15, 0.2) is 11.6 Å². The van der Waals surface area contributed by atoms with Crippen LogP contribution in [0.1, 0.15) is 18.5 Å². The van der Waals surface area contributed by atoms with Crippen molar-refractivity contribution in [2.75, 3.05) is 12.4 Å². The maximum absolute atomic E-state index is 13.7. The molecule has 1 unspecified atom stereocenters. The number of ether oxygens (including phenoxy) is 1. The Bertz CT molecular complexity index is 641. The molecule has 0 saturated carbocycles. The van der Waals surface area contributed by atoms with Gasteiger partial charge < -0.3 is 10.1 Å². The molecule has 2 aromatic rings. The van der Waals surface area contributed by atoms with Crippen molar-refractivity contribution in [2.24, 2.45) is 0 Å². The van der Waals surface area contributed by atoms with Gasteiger partial charge in [-0.15, -0.1) is 0 Å². The second kappa shape index (κ2) is 6.50. The lowest BCUT2D eigenvalue weighted by Crippen LogP contribution is -2.08. The Hall–Kier alpha value is -1.52. The molecule has 0 aliphatic heterocycles. The molecule has 0 aromatic heterocycles.